The van der Waals surface area contributed by atoms with Gasteiger partial charge in [0.25, 0.3) is 5.91 Å². The first-order valence-corrected chi connectivity index (χ1v) is 10.8. The predicted octanol–water partition coefficient (Wildman–Crippen LogP) is 4.10. The van der Waals surface area contributed by atoms with Crippen molar-refractivity contribution in [2.45, 2.75) is 32.1 Å². The molecule has 1 fully saturated rings. The molecule has 4 heterocycles. The van der Waals surface area contributed by atoms with E-state index in [1.54, 1.807) is 23.5 Å². The standard InChI is InChI=1S/C25H24FN5O/c1-17-14-21(28-18(2)27-17)24(32)30-12-10-25(11-13-30,19-6-4-3-5-7-19)22-16-31-15-20(26)8-9-23(31)29-22/h3-9,14-16H,10-13H2,1-2H3. The number of amides is 1. The molecule has 1 aliphatic rings. The van der Waals surface area contributed by atoms with Crippen molar-refractivity contribution in [3.05, 3.63) is 95.2 Å². The van der Waals surface area contributed by atoms with E-state index in [2.05, 4.69) is 22.1 Å². The molecule has 162 valence electrons. The highest BCUT2D eigenvalue weighted by molar-refractivity contribution is 5.92. The van der Waals surface area contributed by atoms with Crippen LogP contribution in [-0.2, 0) is 5.41 Å². The third kappa shape index (κ3) is 3.53. The van der Waals surface area contributed by atoms with Gasteiger partial charge >= 0.3 is 0 Å². The molecule has 1 aromatic carbocycles. The van der Waals surface area contributed by atoms with Gasteiger partial charge in [-0.3, -0.25) is 4.79 Å². The van der Waals surface area contributed by atoms with Gasteiger partial charge in [0.05, 0.1) is 5.69 Å². The number of carbonyl (C=O) groups is 1. The smallest absolute Gasteiger partial charge is 0.272 e. The Morgan fingerprint density at radius 2 is 1.72 bits per heavy atom. The van der Waals surface area contributed by atoms with Crippen LogP contribution in [0.3, 0.4) is 0 Å². The molecule has 1 saturated heterocycles. The third-order valence-corrected chi connectivity index (χ3v) is 6.32. The number of imidazole rings is 1. The van der Waals surface area contributed by atoms with Crippen LogP contribution < -0.4 is 0 Å². The van der Waals surface area contributed by atoms with E-state index in [1.807, 2.05) is 36.2 Å². The van der Waals surface area contributed by atoms with Crippen molar-refractivity contribution in [2.24, 2.45) is 0 Å². The number of aryl methyl sites for hydroxylation is 2. The Morgan fingerprint density at radius 3 is 2.44 bits per heavy atom. The lowest BCUT2D eigenvalue weighted by molar-refractivity contribution is 0.0677. The number of carbonyl (C=O) groups excluding carboxylic acids is 1. The summed E-state index contributed by atoms with van der Waals surface area (Å²) in [5.41, 5.74) is 3.64. The molecular formula is C25H24FN5O. The van der Waals surface area contributed by atoms with Crippen molar-refractivity contribution in [3.63, 3.8) is 0 Å². The van der Waals surface area contributed by atoms with Crippen LogP contribution in [0.25, 0.3) is 5.65 Å². The Bertz CT molecular complexity index is 1270. The second-order valence-corrected chi connectivity index (χ2v) is 8.42. The first-order valence-electron chi connectivity index (χ1n) is 10.8. The summed E-state index contributed by atoms with van der Waals surface area (Å²) in [6, 6.07) is 15.1. The highest BCUT2D eigenvalue weighted by Gasteiger charge is 2.41. The highest BCUT2D eigenvalue weighted by atomic mass is 19.1. The quantitative estimate of drug-likeness (QED) is 0.492. The number of likely N-dealkylation sites (tertiary alicyclic amines) is 1. The summed E-state index contributed by atoms with van der Waals surface area (Å²) in [5, 5.41) is 0. The highest BCUT2D eigenvalue weighted by Crippen LogP contribution is 2.41. The lowest BCUT2D eigenvalue weighted by Crippen LogP contribution is -2.46. The van der Waals surface area contributed by atoms with Crippen molar-refractivity contribution in [2.75, 3.05) is 13.1 Å². The van der Waals surface area contributed by atoms with Gasteiger partial charge in [-0.05, 0) is 50.5 Å². The number of piperidine rings is 1. The fourth-order valence-corrected chi connectivity index (χ4v) is 4.73. The number of benzene rings is 1. The summed E-state index contributed by atoms with van der Waals surface area (Å²) in [7, 11) is 0. The summed E-state index contributed by atoms with van der Waals surface area (Å²) in [4.78, 5) is 28.5. The maximum absolute atomic E-state index is 13.8. The number of nitrogens with zero attached hydrogens (tertiary/aromatic N) is 5. The van der Waals surface area contributed by atoms with E-state index in [4.69, 9.17) is 4.98 Å². The van der Waals surface area contributed by atoms with Gasteiger partial charge < -0.3 is 9.30 Å². The van der Waals surface area contributed by atoms with E-state index in [0.717, 1.165) is 29.8 Å². The molecule has 0 spiro atoms. The minimum Gasteiger partial charge on any atom is -0.337 e. The fourth-order valence-electron chi connectivity index (χ4n) is 4.73. The largest absolute Gasteiger partial charge is 0.337 e. The van der Waals surface area contributed by atoms with Crippen LogP contribution in [0, 0.1) is 19.7 Å². The lowest BCUT2D eigenvalue weighted by atomic mass is 9.70. The predicted molar refractivity (Wildman–Crippen MR) is 119 cm³/mol. The van der Waals surface area contributed by atoms with Crippen LogP contribution in [0.4, 0.5) is 4.39 Å². The molecule has 0 saturated carbocycles. The number of halogens is 1. The SMILES string of the molecule is Cc1cc(C(=O)N2CCC(c3ccccc3)(c3cn4cc(F)ccc4n3)CC2)nc(C)n1. The van der Waals surface area contributed by atoms with Crippen molar-refractivity contribution < 1.29 is 9.18 Å². The lowest BCUT2D eigenvalue weighted by Gasteiger charge is -2.41. The molecule has 0 bridgehead atoms. The van der Waals surface area contributed by atoms with Crippen LogP contribution in [0.15, 0.2) is 60.9 Å². The van der Waals surface area contributed by atoms with Crippen molar-refractivity contribution in [1.29, 1.82) is 0 Å². The van der Waals surface area contributed by atoms with Gasteiger partial charge in [0, 0.05) is 36.6 Å². The minimum atomic E-state index is -0.349. The number of fused-ring (bicyclic) bond motifs is 1. The zero-order valence-corrected chi connectivity index (χ0v) is 18.1. The van der Waals surface area contributed by atoms with E-state index in [-0.39, 0.29) is 17.1 Å². The summed E-state index contributed by atoms with van der Waals surface area (Å²) in [6.45, 7) is 4.83. The maximum atomic E-state index is 13.8. The molecule has 1 amide bonds. The third-order valence-electron chi connectivity index (χ3n) is 6.32. The number of pyridine rings is 1. The van der Waals surface area contributed by atoms with E-state index < -0.39 is 0 Å². The molecule has 4 aromatic rings. The maximum Gasteiger partial charge on any atom is 0.272 e. The van der Waals surface area contributed by atoms with Gasteiger partial charge in [0.15, 0.2) is 0 Å². The van der Waals surface area contributed by atoms with E-state index in [0.29, 0.717) is 30.3 Å². The summed E-state index contributed by atoms with van der Waals surface area (Å²) in [5.74, 6) is 0.226. The van der Waals surface area contributed by atoms with E-state index in [9.17, 15) is 9.18 Å². The van der Waals surface area contributed by atoms with Crippen LogP contribution in [0.5, 0.6) is 0 Å². The Kier molecular flexibility index (Phi) is 4.96. The molecule has 0 radical (unpaired) electrons. The van der Waals surface area contributed by atoms with Crippen molar-refractivity contribution >= 4 is 11.6 Å². The van der Waals surface area contributed by atoms with Crippen molar-refractivity contribution in [3.8, 4) is 0 Å². The molecule has 32 heavy (non-hydrogen) atoms. The average molecular weight is 429 g/mol. The average Bonchev–Trinajstić information content (AvgIpc) is 3.22. The molecule has 1 aliphatic heterocycles. The Balaban J connectivity index is 1.49. The van der Waals surface area contributed by atoms with Gasteiger partial charge in [-0.2, -0.15) is 0 Å². The second kappa shape index (κ2) is 7.82. The molecule has 3 aromatic heterocycles. The van der Waals surface area contributed by atoms with Crippen molar-refractivity contribution in [1.82, 2.24) is 24.3 Å². The summed E-state index contributed by atoms with van der Waals surface area (Å²) >= 11 is 0. The molecule has 0 aliphatic carbocycles. The zero-order valence-electron chi connectivity index (χ0n) is 18.1. The zero-order chi connectivity index (χ0) is 22.3. The first-order chi connectivity index (χ1) is 15.4. The number of hydrogen-bond donors (Lipinski definition) is 0. The monoisotopic (exact) mass is 429 g/mol. The molecular weight excluding hydrogens is 405 g/mol. The summed E-state index contributed by atoms with van der Waals surface area (Å²) < 4.78 is 15.5. The van der Waals surface area contributed by atoms with E-state index in [1.165, 1.54) is 12.3 Å². The topological polar surface area (TPSA) is 63.4 Å². The second-order valence-electron chi connectivity index (χ2n) is 8.42. The Hall–Kier alpha value is -3.61. The molecule has 7 heteroatoms. The van der Waals surface area contributed by atoms with Gasteiger partial charge in [0.1, 0.15) is 23.0 Å². The van der Waals surface area contributed by atoms with Crippen LogP contribution in [0.1, 0.15) is 46.1 Å². The van der Waals surface area contributed by atoms with Crippen LogP contribution in [-0.4, -0.2) is 43.2 Å². The number of rotatable bonds is 3. The first kappa shape index (κ1) is 20.3. The van der Waals surface area contributed by atoms with E-state index >= 15 is 0 Å². The van der Waals surface area contributed by atoms with Crippen LogP contribution in [0.2, 0.25) is 0 Å². The van der Waals surface area contributed by atoms with Crippen LogP contribution >= 0.6 is 0 Å². The molecule has 0 N–H and O–H groups in total. The van der Waals surface area contributed by atoms with Gasteiger partial charge in [-0.1, -0.05) is 30.3 Å². The van der Waals surface area contributed by atoms with Gasteiger partial charge in [-0.15, -0.1) is 0 Å². The normalized spacial score (nSPS) is 15.8. The molecule has 6 nitrogen and oxygen atoms in total. The fraction of sp³-hybridized carbons (Fsp3) is 0.280. The number of hydrogen-bond acceptors (Lipinski definition) is 4. The van der Waals surface area contributed by atoms with Gasteiger partial charge in [-0.25, -0.2) is 19.3 Å². The Labute approximate surface area is 185 Å². The molecule has 0 atom stereocenters. The van der Waals surface area contributed by atoms with Gasteiger partial charge in [0.2, 0.25) is 0 Å². The molecule has 5 rings (SSSR count). The number of aromatic nitrogens is 4. The molecule has 0 unspecified atom stereocenters. The summed E-state index contributed by atoms with van der Waals surface area (Å²) in [6.07, 6.45) is 4.80. The minimum absolute atomic E-state index is 0.0719. The Morgan fingerprint density at radius 1 is 0.969 bits per heavy atom.